The first-order chi connectivity index (χ1) is 12.5. The number of ketones is 1. The third kappa shape index (κ3) is 3.12. The quantitative estimate of drug-likeness (QED) is 0.820. The van der Waals surface area contributed by atoms with Crippen LogP contribution in [0, 0.1) is 0 Å². The Bertz CT molecular complexity index is 810. The molecule has 3 rings (SSSR count). The van der Waals surface area contributed by atoms with Gasteiger partial charge in [-0.05, 0) is 37.3 Å². The average Bonchev–Trinajstić information content (AvgIpc) is 3.14. The predicted octanol–water partition coefficient (Wildman–Crippen LogP) is 2.28. The van der Waals surface area contributed by atoms with Crippen molar-refractivity contribution in [2.24, 2.45) is 0 Å². The van der Waals surface area contributed by atoms with E-state index in [1.807, 2.05) is 24.3 Å². The number of carbonyl (C=O) groups is 1. The van der Waals surface area contributed by atoms with E-state index in [-0.39, 0.29) is 5.78 Å². The summed E-state index contributed by atoms with van der Waals surface area (Å²) in [5.74, 6) is 1.59. The number of methoxy groups -OCH3 is 3. The van der Waals surface area contributed by atoms with Crippen molar-refractivity contribution in [3.05, 3.63) is 53.6 Å². The van der Waals surface area contributed by atoms with Crippen molar-refractivity contribution in [2.75, 3.05) is 21.3 Å². The van der Waals surface area contributed by atoms with Gasteiger partial charge in [0, 0.05) is 5.56 Å². The Labute approximate surface area is 152 Å². The second-order valence-corrected chi connectivity index (χ2v) is 5.85. The van der Waals surface area contributed by atoms with Crippen molar-refractivity contribution in [1.82, 2.24) is 10.9 Å². The number of hydrogen-bond donors (Lipinski definition) is 2. The fourth-order valence-corrected chi connectivity index (χ4v) is 2.94. The van der Waals surface area contributed by atoms with Crippen LogP contribution in [0.25, 0.3) is 0 Å². The first-order valence-corrected chi connectivity index (χ1v) is 8.12. The molecular formula is C19H22N2O5. The van der Waals surface area contributed by atoms with Gasteiger partial charge in [-0.2, -0.15) is 0 Å². The largest absolute Gasteiger partial charge is 0.497 e. The molecule has 7 nitrogen and oxygen atoms in total. The number of hydrazine groups is 1. The summed E-state index contributed by atoms with van der Waals surface area (Å²) in [5.41, 5.74) is 5.98. The Kier molecular flexibility index (Phi) is 5.13. The molecule has 1 aliphatic rings. The van der Waals surface area contributed by atoms with Crippen molar-refractivity contribution in [3.63, 3.8) is 0 Å². The summed E-state index contributed by atoms with van der Waals surface area (Å²) in [4.78, 5) is 12.6. The van der Waals surface area contributed by atoms with Crippen LogP contribution >= 0.6 is 0 Å². The normalized spacial score (nSPS) is 22.1. The van der Waals surface area contributed by atoms with Crippen LogP contribution < -0.4 is 25.1 Å². The van der Waals surface area contributed by atoms with Crippen molar-refractivity contribution >= 4 is 5.78 Å². The van der Waals surface area contributed by atoms with Crippen LogP contribution in [0.5, 0.6) is 17.2 Å². The summed E-state index contributed by atoms with van der Waals surface area (Å²) in [6, 6.07) is 12.7. The van der Waals surface area contributed by atoms with Gasteiger partial charge >= 0.3 is 0 Å². The number of benzene rings is 2. The van der Waals surface area contributed by atoms with Gasteiger partial charge in [0.2, 0.25) is 5.72 Å². The van der Waals surface area contributed by atoms with Gasteiger partial charge in [-0.1, -0.05) is 12.1 Å². The van der Waals surface area contributed by atoms with Crippen molar-refractivity contribution < 1.29 is 23.7 Å². The molecule has 0 aromatic heterocycles. The van der Waals surface area contributed by atoms with E-state index in [1.165, 1.54) is 6.92 Å². The maximum atomic E-state index is 12.6. The summed E-state index contributed by atoms with van der Waals surface area (Å²) >= 11 is 0. The molecule has 1 aliphatic heterocycles. The number of nitrogens with one attached hydrogen (secondary N) is 2. The molecule has 2 unspecified atom stereocenters. The minimum absolute atomic E-state index is 0.220. The lowest BCUT2D eigenvalue weighted by Crippen LogP contribution is -2.47. The molecule has 2 N–H and O–H groups in total. The van der Waals surface area contributed by atoms with E-state index in [1.54, 1.807) is 39.5 Å². The number of rotatable bonds is 6. The standard InChI is InChI=1S/C19H22N2O5/c1-12(22)19(16-11-15(24-3)8-9-17(16)25-4)21-20-18(26-19)13-6-5-7-14(10-13)23-2/h5-11,18,20-21H,1-4H3. The summed E-state index contributed by atoms with van der Waals surface area (Å²) in [6.07, 6.45) is -0.551. The average molecular weight is 358 g/mol. The van der Waals surface area contributed by atoms with Crippen LogP contribution in [0.15, 0.2) is 42.5 Å². The Morgan fingerprint density at radius 1 is 1.04 bits per heavy atom. The van der Waals surface area contributed by atoms with Gasteiger partial charge in [-0.3, -0.25) is 4.79 Å². The summed E-state index contributed by atoms with van der Waals surface area (Å²) in [6.45, 7) is 1.46. The molecule has 0 saturated carbocycles. The summed E-state index contributed by atoms with van der Waals surface area (Å²) < 4.78 is 22.1. The summed E-state index contributed by atoms with van der Waals surface area (Å²) in [5, 5.41) is 0. The fourth-order valence-electron chi connectivity index (χ4n) is 2.94. The number of Topliss-reactive ketones (excluding diaryl/α,β-unsaturated/α-hetero) is 1. The van der Waals surface area contributed by atoms with Crippen molar-refractivity contribution in [1.29, 1.82) is 0 Å². The van der Waals surface area contributed by atoms with Crippen molar-refractivity contribution in [3.8, 4) is 17.2 Å². The zero-order chi connectivity index (χ0) is 18.7. The third-order valence-corrected chi connectivity index (χ3v) is 4.35. The molecule has 0 spiro atoms. The molecule has 1 heterocycles. The number of ether oxygens (including phenoxy) is 4. The molecule has 0 amide bonds. The zero-order valence-corrected chi connectivity index (χ0v) is 15.2. The van der Waals surface area contributed by atoms with Gasteiger partial charge in [-0.25, -0.2) is 10.9 Å². The predicted molar refractivity (Wildman–Crippen MR) is 95.0 cm³/mol. The first kappa shape index (κ1) is 18.2. The van der Waals surface area contributed by atoms with E-state index >= 15 is 0 Å². The molecule has 138 valence electrons. The van der Waals surface area contributed by atoms with Gasteiger partial charge in [0.1, 0.15) is 23.5 Å². The zero-order valence-electron chi connectivity index (χ0n) is 15.2. The molecule has 2 aromatic rings. The van der Waals surface area contributed by atoms with E-state index in [2.05, 4.69) is 10.9 Å². The van der Waals surface area contributed by atoms with Gasteiger partial charge in [-0.15, -0.1) is 0 Å². The lowest BCUT2D eigenvalue weighted by molar-refractivity contribution is -0.145. The van der Waals surface area contributed by atoms with Gasteiger partial charge in [0.15, 0.2) is 5.78 Å². The van der Waals surface area contributed by atoms with E-state index in [0.29, 0.717) is 22.8 Å². The monoisotopic (exact) mass is 358 g/mol. The molecule has 26 heavy (non-hydrogen) atoms. The Balaban J connectivity index is 2.02. The maximum absolute atomic E-state index is 12.6. The second kappa shape index (κ2) is 7.33. The highest BCUT2D eigenvalue weighted by Gasteiger charge is 2.48. The van der Waals surface area contributed by atoms with E-state index in [9.17, 15) is 4.79 Å². The minimum atomic E-state index is -1.41. The van der Waals surface area contributed by atoms with Gasteiger partial charge < -0.3 is 18.9 Å². The molecule has 7 heteroatoms. The molecule has 1 saturated heterocycles. The lowest BCUT2D eigenvalue weighted by Gasteiger charge is -2.27. The highest BCUT2D eigenvalue weighted by Crippen LogP contribution is 2.40. The molecule has 2 atom stereocenters. The first-order valence-electron chi connectivity index (χ1n) is 8.12. The lowest BCUT2D eigenvalue weighted by atomic mass is 9.98. The highest BCUT2D eigenvalue weighted by atomic mass is 16.6. The van der Waals surface area contributed by atoms with Crippen LogP contribution in [-0.4, -0.2) is 27.1 Å². The molecule has 0 radical (unpaired) electrons. The van der Waals surface area contributed by atoms with E-state index in [4.69, 9.17) is 18.9 Å². The molecule has 0 bridgehead atoms. The van der Waals surface area contributed by atoms with Crippen molar-refractivity contribution in [2.45, 2.75) is 18.9 Å². The van der Waals surface area contributed by atoms with Crippen LogP contribution in [0.2, 0.25) is 0 Å². The van der Waals surface area contributed by atoms with Crippen LogP contribution in [0.1, 0.15) is 24.3 Å². The Hall–Kier alpha value is -2.61. The topological polar surface area (TPSA) is 78.1 Å². The molecule has 1 fully saturated rings. The number of hydrogen-bond acceptors (Lipinski definition) is 7. The van der Waals surface area contributed by atoms with Gasteiger partial charge in [0.05, 0.1) is 26.9 Å². The highest BCUT2D eigenvalue weighted by molar-refractivity contribution is 5.87. The SMILES string of the molecule is COc1cccc(C2NNC(C(C)=O)(c3cc(OC)ccc3OC)O2)c1. The van der Waals surface area contributed by atoms with Crippen LogP contribution in [0.4, 0.5) is 0 Å². The molecule has 0 aliphatic carbocycles. The Morgan fingerprint density at radius 3 is 2.42 bits per heavy atom. The molecule has 2 aromatic carbocycles. The van der Waals surface area contributed by atoms with E-state index in [0.717, 1.165) is 5.56 Å². The minimum Gasteiger partial charge on any atom is -0.497 e. The smallest absolute Gasteiger partial charge is 0.222 e. The number of carbonyl (C=O) groups excluding carboxylic acids is 1. The molecular weight excluding hydrogens is 336 g/mol. The third-order valence-electron chi connectivity index (χ3n) is 4.35. The second-order valence-electron chi connectivity index (χ2n) is 5.85. The van der Waals surface area contributed by atoms with Crippen LogP contribution in [0.3, 0.4) is 0 Å². The summed E-state index contributed by atoms with van der Waals surface area (Å²) in [7, 11) is 4.70. The maximum Gasteiger partial charge on any atom is 0.222 e. The van der Waals surface area contributed by atoms with Crippen LogP contribution in [-0.2, 0) is 15.3 Å². The Morgan fingerprint density at radius 2 is 1.77 bits per heavy atom. The fraction of sp³-hybridized carbons (Fsp3) is 0.316. The van der Waals surface area contributed by atoms with E-state index < -0.39 is 12.0 Å². The van der Waals surface area contributed by atoms with Gasteiger partial charge in [0.25, 0.3) is 0 Å².